The highest BCUT2D eigenvalue weighted by molar-refractivity contribution is 7.98. The molecule has 1 fully saturated rings. The van der Waals surface area contributed by atoms with Crippen molar-refractivity contribution in [1.29, 1.82) is 0 Å². The van der Waals surface area contributed by atoms with Gasteiger partial charge in [-0.25, -0.2) is 0 Å². The van der Waals surface area contributed by atoms with Gasteiger partial charge in [-0.1, -0.05) is 12.1 Å². The van der Waals surface area contributed by atoms with Crippen molar-refractivity contribution in [2.75, 3.05) is 12.0 Å². The van der Waals surface area contributed by atoms with Crippen LogP contribution < -0.4 is 0 Å². The first-order valence-corrected chi connectivity index (χ1v) is 6.30. The molecule has 0 atom stereocenters. The third kappa shape index (κ3) is 2.56. The van der Waals surface area contributed by atoms with E-state index in [1.807, 2.05) is 5.98 Å². The molecule has 1 saturated heterocycles. The van der Waals surface area contributed by atoms with Gasteiger partial charge in [-0.15, -0.1) is 0 Å². The molecule has 0 N–H and O–H groups in total. The van der Waals surface area contributed by atoms with Crippen LogP contribution in [0.5, 0.6) is 0 Å². The molecule has 0 aromatic rings. The lowest BCUT2D eigenvalue weighted by Crippen LogP contribution is -2.41. The van der Waals surface area contributed by atoms with Crippen LogP contribution >= 0.6 is 11.8 Å². The molecule has 0 aromatic carbocycles. The van der Waals surface area contributed by atoms with Gasteiger partial charge in [0, 0.05) is 5.75 Å². The predicted octanol–water partition coefficient (Wildman–Crippen LogP) is 2.54. The van der Waals surface area contributed by atoms with E-state index in [4.69, 9.17) is 9.31 Å². The summed E-state index contributed by atoms with van der Waals surface area (Å²) in [5.74, 6) is 3.00. The summed E-state index contributed by atoms with van der Waals surface area (Å²) in [5.41, 5.74) is -0.442. The van der Waals surface area contributed by atoms with Gasteiger partial charge >= 0.3 is 7.12 Å². The summed E-state index contributed by atoms with van der Waals surface area (Å²) in [7, 11) is -0.188. The molecule has 0 saturated carbocycles. The third-order valence-electron chi connectivity index (χ3n) is 2.83. The summed E-state index contributed by atoms with van der Waals surface area (Å²) in [5, 5.41) is 0. The Kier molecular flexibility index (Phi) is 3.72. The maximum Gasteiger partial charge on any atom is 0.486 e. The summed E-state index contributed by atoms with van der Waals surface area (Å²) in [6.07, 6.45) is 4.17. The van der Waals surface area contributed by atoms with E-state index < -0.39 is 0 Å². The molecule has 1 aliphatic heterocycles. The average molecular weight is 214 g/mol. The zero-order valence-electron chi connectivity index (χ0n) is 9.66. The first-order valence-electron chi connectivity index (χ1n) is 4.90. The van der Waals surface area contributed by atoms with E-state index in [9.17, 15) is 0 Å². The fourth-order valence-corrected chi connectivity index (χ4v) is 1.53. The maximum absolute atomic E-state index is 5.79. The fourth-order valence-electron chi connectivity index (χ4n) is 1.23. The maximum atomic E-state index is 5.79. The van der Waals surface area contributed by atoms with Gasteiger partial charge in [0.25, 0.3) is 0 Å². The van der Waals surface area contributed by atoms with E-state index in [0.29, 0.717) is 0 Å². The van der Waals surface area contributed by atoms with Crippen LogP contribution in [-0.2, 0) is 9.31 Å². The highest BCUT2D eigenvalue weighted by atomic mass is 32.2. The average Bonchev–Trinajstić information content (AvgIpc) is 2.21. The summed E-state index contributed by atoms with van der Waals surface area (Å²) < 4.78 is 11.6. The Labute approximate surface area is 91.6 Å². The molecule has 14 heavy (non-hydrogen) atoms. The second-order valence-corrected chi connectivity index (χ2v) is 5.42. The van der Waals surface area contributed by atoms with E-state index in [1.165, 1.54) is 0 Å². The molecule has 0 aliphatic carbocycles. The van der Waals surface area contributed by atoms with E-state index >= 15 is 0 Å². The van der Waals surface area contributed by atoms with Crippen LogP contribution in [0.2, 0.25) is 0 Å². The van der Waals surface area contributed by atoms with Crippen LogP contribution in [0.1, 0.15) is 27.7 Å². The van der Waals surface area contributed by atoms with E-state index in [0.717, 1.165) is 5.75 Å². The topological polar surface area (TPSA) is 18.5 Å². The first kappa shape index (κ1) is 12.1. The normalized spacial score (nSPS) is 24.8. The lowest BCUT2D eigenvalue weighted by atomic mass is 9.90. The SMILES string of the molecule is CSC/C=C/B1OC(C)(C)C(C)(C)O1. The third-order valence-corrected chi connectivity index (χ3v) is 3.35. The molecule has 0 radical (unpaired) electrons. The summed E-state index contributed by atoms with van der Waals surface area (Å²) in [6.45, 7) is 8.26. The van der Waals surface area contributed by atoms with Crippen molar-refractivity contribution in [3.05, 3.63) is 12.1 Å². The minimum Gasteiger partial charge on any atom is -0.400 e. The van der Waals surface area contributed by atoms with Crippen molar-refractivity contribution < 1.29 is 9.31 Å². The van der Waals surface area contributed by atoms with Crippen LogP contribution in [0.25, 0.3) is 0 Å². The van der Waals surface area contributed by atoms with Crippen LogP contribution in [-0.4, -0.2) is 30.3 Å². The van der Waals surface area contributed by atoms with Gasteiger partial charge in [-0.2, -0.15) is 11.8 Å². The van der Waals surface area contributed by atoms with Gasteiger partial charge in [0.1, 0.15) is 0 Å². The molecule has 0 amide bonds. The van der Waals surface area contributed by atoms with Gasteiger partial charge in [-0.3, -0.25) is 0 Å². The lowest BCUT2D eigenvalue weighted by Gasteiger charge is -2.32. The van der Waals surface area contributed by atoms with E-state index in [-0.39, 0.29) is 18.3 Å². The van der Waals surface area contributed by atoms with Gasteiger partial charge in [0.2, 0.25) is 0 Å². The smallest absolute Gasteiger partial charge is 0.400 e. The molecule has 4 heteroatoms. The van der Waals surface area contributed by atoms with Crippen molar-refractivity contribution in [1.82, 2.24) is 0 Å². The number of thioether (sulfide) groups is 1. The van der Waals surface area contributed by atoms with Crippen molar-refractivity contribution in [3.8, 4) is 0 Å². The molecule has 0 bridgehead atoms. The Balaban J connectivity index is 2.55. The largest absolute Gasteiger partial charge is 0.486 e. The number of rotatable bonds is 3. The van der Waals surface area contributed by atoms with Crippen molar-refractivity contribution in [2.45, 2.75) is 38.9 Å². The quantitative estimate of drug-likeness (QED) is 0.672. The Morgan fingerprint density at radius 2 is 1.64 bits per heavy atom. The Morgan fingerprint density at radius 1 is 1.14 bits per heavy atom. The van der Waals surface area contributed by atoms with Crippen molar-refractivity contribution >= 4 is 18.9 Å². The minimum atomic E-state index is -0.221. The Bertz CT molecular complexity index is 210. The summed E-state index contributed by atoms with van der Waals surface area (Å²) >= 11 is 1.79. The van der Waals surface area contributed by atoms with Gasteiger partial charge in [0.15, 0.2) is 0 Å². The molecule has 1 rings (SSSR count). The molecule has 0 aromatic heterocycles. The molecule has 2 nitrogen and oxygen atoms in total. The molecule has 1 heterocycles. The highest BCUT2D eigenvalue weighted by Crippen LogP contribution is 2.36. The second kappa shape index (κ2) is 4.29. The van der Waals surface area contributed by atoms with Crippen LogP contribution in [0.15, 0.2) is 12.1 Å². The van der Waals surface area contributed by atoms with Gasteiger partial charge < -0.3 is 9.31 Å². The lowest BCUT2D eigenvalue weighted by molar-refractivity contribution is 0.00578. The van der Waals surface area contributed by atoms with Crippen molar-refractivity contribution in [3.63, 3.8) is 0 Å². The molecule has 0 unspecified atom stereocenters. The molecule has 80 valence electrons. The number of hydrogen-bond acceptors (Lipinski definition) is 3. The molecule has 1 aliphatic rings. The zero-order valence-corrected chi connectivity index (χ0v) is 10.5. The minimum absolute atomic E-state index is 0.188. The van der Waals surface area contributed by atoms with E-state index in [1.54, 1.807) is 11.8 Å². The van der Waals surface area contributed by atoms with Crippen molar-refractivity contribution in [2.24, 2.45) is 0 Å². The van der Waals surface area contributed by atoms with Crippen LogP contribution in [0, 0.1) is 0 Å². The number of hydrogen-bond donors (Lipinski definition) is 0. The van der Waals surface area contributed by atoms with E-state index in [2.05, 4.69) is 40.0 Å². The molecular weight excluding hydrogens is 195 g/mol. The predicted molar refractivity (Wildman–Crippen MR) is 63.6 cm³/mol. The first-order chi connectivity index (χ1) is 6.39. The van der Waals surface area contributed by atoms with Crippen LogP contribution in [0.3, 0.4) is 0 Å². The zero-order chi connectivity index (χ0) is 10.8. The summed E-state index contributed by atoms with van der Waals surface area (Å²) in [4.78, 5) is 0. The summed E-state index contributed by atoms with van der Waals surface area (Å²) in [6, 6.07) is 0. The second-order valence-electron chi connectivity index (χ2n) is 4.51. The Hall–Kier alpha value is 0.0749. The van der Waals surface area contributed by atoms with Gasteiger partial charge in [0.05, 0.1) is 11.2 Å². The highest BCUT2D eigenvalue weighted by Gasteiger charge is 2.49. The fraction of sp³-hybridized carbons (Fsp3) is 0.800. The molecule has 0 spiro atoms. The molecular formula is C10H19BO2S. The monoisotopic (exact) mass is 214 g/mol. The standard InChI is InChI=1S/C10H19BO2S/c1-9(2)10(3,4)13-11(12-9)7-6-8-14-5/h6-7H,8H2,1-5H3/b7-6+. The Morgan fingerprint density at radius 3 is 2.07 bits per heavy atom. The van der Waals surface area contributed by atoms with Gasteiger partial charge in [-0.05, 0) is 34.0 Å². The van der Waals surface area contributed by atoms with Crippen LogP contribution in [0.4, 0.5) is 0 Å².